The van der Waals surface area contributed by atoms with Crippen LogP contribution in [0.25, 0.3) is 0 Å². The molecule has 2 amide bonds. The summed E-state index contributed by atoms with van der Waals surface area (Å²) in [6.45, 7) is 8.49. The van der Waals surface area contributed by atoms with Crippen LogP contribution in [0.5, 0.6) is 0 Å². The molecular formula is C29H40N2O6. The Bertz CT molecular complexity index is 984. The molecule has 1 N–H and O–H groups in total. The van der Waals surface area contributed by atoms with E-state index in [0.717, 1.165) is 24.8 Å². The van der Waals surface area contributed by atoms with Crippen molar-refractivity contribution >= 4 is 17.8 Å². The third-order valence-corrected chi connectivity index (χ3v) is 8.14. The highest BCUT2D eigenvalue weighted by Crippen LogP contribution is 2.59. The highest BCUT2D eigenvalue weighted by molar-refractivity contribution is 5.98. The van der Waals surface area contributed by atoms with E-state index >= 15 is 0 Å². The molecule has 1 aromatic carbocycles. The molecule has 0 unspecified atom stereocenters. The fourth-order valence-corrected chi connectivity index (χ4v) is 6.58. The normalized spacial score (nSPS) is 28.7. The van der Waals surface area contributed by atoms with E-state index in [1.54, 1.807) is 22.8 Å². The van der Waals surface area contributed by atoms with Crippen LogP contribution in [0.2, 0.25) is 0 Å². The number of rotatable bonds is 13. The second-order valence-electron chi connectivity index (χ2n) is 10.4. The van der Waals surface area contributed by atoms with Gasteiger partial charge in [0.2, 0.25) is 11.8 Å². The molecular weight excluding hydrogens is 472 g/mol. The van der Waals surface area contributed by atoms with Crippen LogP contribution < -0.4 is 0 Å². The number of esters is 1. The van der Waals surface area contributed by atoms with Crippen molar-refractivity contribution in [3.05, 3.63) is 48.6 Å². The Morgan fingerprint density at radius 3 is 2.70 bits per heavy atom. The molecule has 6 atom stereocenters. The number of carbonyl (C=O) groups is 3. The van der Waals surface area contributed by atoms with Crippen LogP contribution in [0.3, 0.4) is 0 Å². The Morgan fingerprint density at radius 1 is 1.30 bits per heavy atom. The lowest BCUT2D eigenvalue weighted by atomic mass is 9.70. The summed E-state index contributed by atoms with van der Waals surface area (Å²) in [5, 5.41) is 10.5. The second kappa shape index (κ2) is 11.8. The predicted molar refractivity (Wildman–Crippen MR) is 138 cm³/mol. The first kappa shape index (κ1) is 27.3. The molecule has 202 valence electrons. The van der Waals surface area contributed by atoms with E-state index in [0.29, 0.717) is 32.4 Å². The van der Waals surface area contributed by atoms with Crippen molar-refractivity contribution in [2.75, 3.05) is 26.3 Å². The van der Waals surface area contributed by atoms with Gasteiger partial charge in [-0.2, -0.15) is 0 Å². The molecule has 0 radical (unpaired) electrons. The van der Waals surface area contributed by atoms with Crippen molar-refractivity contribution in [3.8, 4) is 0 Å². The van der Waals surface area contributed by atoms with Gasteiger partial charge < -0.3 is 24.4 Å². The SMILES string of the molecule is C=CCN(CCCCC)C(=O)[C@@H]1N([C@@H](CO)Cc2ccccc2)C(=O)[C@H]2[C@H](C(=O)OCC)[C@@H]3CC[C@]12O3. The Hall–Kier alpha value is -2.71. The molecule has 37 heavy (non-hydrogen) atoms. The Morgan fingerprint density at radius 2 is 2.05 bits per heavy atom. The van der Waals surface area contributed by atoms with Gasteiger partial charge in [0.25, 0.3) is 0 Å². The molecule has 0 aliphatic carbocycles. The number of fused-ring (bicyclic) bond motifs is 1. The minimum atomic E-state index is -1.11. The van der Waals surface area contributed by atoms with Crippen LogP contribution in [0.15, 0.2) is 43.0 Å². The maximum Gasteiger partial charge on any atom is 0.312 e. The van der Waals surface area contributed by atoms with Crippen LogP contribution in [0.1, 0.15) is 51.5 Å². The Labute approximate surface area is 219 Å². The summed E-state index contributed by atoms with van der Waals surface area (Å²) in [6.07, 6.45) is 5.59. The highest BCUT2D eigenvalue weighted by atomic mass is 16.6. The fraction of sp³-hybridized carbons (Fsp3) is 0.621. The quantitative estimate of drug-likeness (QED) is 0.248. The van der Waals surface area contributed by atoms with Gasteiger partial charge in [0.1, 0.15) is 11.6 Å². The molecule has 8 heteroatoms. The third-order valence-electron chi connectivity index (χ3n) is 8.14. The standard InChI is InChI=1S/C29H40N2O6/c1-4-7-11-17-30(16-5-2)27(34)25-29-15-14-22(37-29)23(28(35)36-6-3)24(29)26(33)31(25)21(19-32)18-20-12-9-8-10-13-20/h5,8-10,12-13,21-25,32H,2,4,6-7,11,14-19H2,1,3H3/t21-,22+,23-,24-,25+,29-/m1/s1. The Balaban J connectivity index is 1.74. The second-order valence-corrected chi connectivity index (χ2v) is 10.4. The van der Waals surface area contributed by atoms with E-state index in [-0.39, 0.29) is 25.0 Å². The fourth-order valence-electron chi connectivity index (χ4n) is 6.58. The average Bonchev–Trinajstić information content (AvgIpc) is 3.54. The van der Waals surface area contributed by atoms with Gasteiger partial charge >= 0.3 is 5.97 Å². The lowest BCUT2D eigenvalue weighted by molar-refractivity contribution is -0.156. The maximum absolute atomic E-state index is 14.3. The molecule has 3 heterocycles. The van der Waals surface area contributed by atoms with Crippen LogP contribution in [0.4, 0.5) is 0 Å². The smallest absolute Gasteiger partial charge is 0.312 e. The van der Waals surface area contributed by atoms with Crippen LogP contribution in [-0.4, -0.2) is 82.8 Å². The summed E-state index contributed by atoms with van der Waals surface area (Å²) in [7, 11) is 0. The van der Waals surface area contributed by atoms with E-state index in [1.165, 1.54) is 0 Å². The summed E-state index contributed by atoms with van der Waals surface area (Å²) in [4.78, 5) is 44.8. The number of ether oxygens (including phenoxy) is 2. The van der Waals surface area contributed by atoms with Crippen molar-refractivity contribution in [3.63, 3.8) is 0 Å². The first-order valence-electron chi connectivity index (χ1n) is 13.6. The third kappa shape index (κ3) is 4.93. The molecule has 1 spiro atoms. The molecule has 0 saturated carbocycles. The summed E-state index contributed by atoms with van der Waals surface area (Å²) in [5.41, 5.74) is -0.155. The maximum atomic E-state index is 14.3. The van der Waals surface area contributed by atoms with Gasteiger partial charge in [-0.15, -0.1) is 6.58 Å². The largest absolute Gasteiger partial charge is 0.466 e. The van der Waals surface area contributed by atoms with Gasteiger partial charge in [0.05, 0.1) is 37.2 Å². The molecule has 3 aliphatic heterocycles. The number of hydrogen-bond acceptors (Lipinski definition) is 6. The van der Waals surface area contributed by atoms with Gasteiger partial charge in [0, 0.05) is 13.1 Å². The zero-order chi connectivity index (χ0) is 26.6. The number of likely N-dealkylation sites (tertiary alicyclic amines) is 1. The van der Waals surface area contributed by atoms with Gasteiger partial charge in [0.15, 0.2) is 0 Å². The van der Waals surface area contributed by atoms with Crippen molar-refractivity contribution in [2.45, 2.75) is 76.2 Å². The molecule has 1 aromatic rings. The number of aliphatic hydroxyl groups is 1. The number of unbranched alkanes of at least 4 members (excludes halogenated alkanes) is 2. The van der Waals surface area contributed by atoms with Gasteiger partial charge in [-0.05, 0) is 38.2 Å². The average molecular weight is 513 g/mol. The lowest BCUT2D eigenvalue weighted by Gasteiger charge is -2.39. The van der Waals surface area contributed by atoms with Crippen molar-refractivity contribution in [2.24, 2.45) is 11.8 Å². The Kier molecular flexibility index (Phi) is 8.70. The van der Waals surface area contributed by atoms with E-state index in [1.807, 2.05) is 30.3 Å². The van der Waals surface area contributed by atoms with E-state index in [9.17, 15) is 19.5 Å². The van der Waals surface area contributed by atoms with Crippen molar-refractivity contribution in [1.82, 2.24) is 9.80 Å². The number of hydrogen-bond donors (Lipinski definition) is 1. The predicted octanol–water partition coefficient (Wildman–Crippen LogP) is 2.73. The first-order chi connectivity index (χ1) is 17.9. The zero-order valence-electron chi connectivity index (χ0n) is 22.0. The number of benzene rings is 1. The molecule has 3 saturated heterocycles. The summed E-state index contributed by atoms with van der Waals surface area (Å²) in [6, 6.07) is 8.06. The molecule has 2 bridgehead atoms. The minimum Gasteiger partial charge on any atom is -0.466 e. The van der Waals surface area contributed by atoms with E-state index in [2.05, 4.69) is 13.5 Å². The molecule has 3 aliphatic rings. The molecule has 3 fully saturated rings. The first-order valence-corrected chi connectivity index (χ1v) is 13.6. The van der Waals surface area contributed by atoms with Gasteiger partial charge in [-0.3, -0.25) is 14.4 Å². The van der Waals surface area contributed by atoms with Crippen LogP contribution in [-0.2, 0) is 30.3 Å². The van der Waals surface area contributed by atoms with Gasteiger partial charge in [-0.25, -0.2) is 0 Å². The van der Waals surface area contributed by atoms with Crippen LogP contribution in [0, 0.1) is 11.8 Å². The summed E-state index contributed by atoms with van der Waals surface area (Å²) >= 11 is 0. The molecule has 8 nitrogen and oxygen atoms in total. The van der Waals surface area contributed by atoms with E-state index in [4.69, 9.17) is 9.47 Å². The summed E-state index contributed by atoms with van der Waals surface area (Å²) in [5.74, 6) is -2.50. The van der Waals surface area contributed by atoms with Crippen molar-refractivity contribution < 1.29 is 29.0 Å². The number of amides is 2. The lowest BCUT2D eigenvalue weighted by Crippen LogP contribution is -2.59. The topological polar surface area (TPSA) is 96.4 Å². The highest BCUT2D eigenvalue weighted by Gasteiger charge is 2.75. The summed E-state index contributed by atoms with van der Waals surface area (Å²) < 4.78 is 11.8. The molecule has 4 rings (SSSR count). The van der Waals surface area contributed by atoms with Crippen molar-refractivity contribution in [1.29, 1.82) is 0 Å². The molecule has 0 aromatic heterocycles. The number of carbonyl (C=O) groups excluding carboxylic acids is 3. The zero-order valence-corrected chi connectivity index (χ0v) is 22.0. The minimum absolute atomic E-state index is 0.205. The van der Waals surface area contributed by atoms with Gasteiger partial charge in [-0.1, -0.05) is 56.2 Å². The number of aliphatic hydroxyl groups excluding tert-OH is 1. The number of nitrogens with zero attached hydrogens (tertiary/aromatic N) is 2. The van der Waals surface area contributed by atoms with Crippen LogP contribution >= 0.6 is 0 Å². The van der Waals surface area contributed by atoms with E-state index < -0.39 is 41.6 Å². The monoisotopic (exact) mass is 512 g/mol.